The number of carbonyl (C=O) groups is 1. The molecule has 0 atom stereocenters. The van der Waals surface area contributed by atoms with Crippen LogP contribution in [0.4, 0.5) is 0 Å². The Kier molecular flexibility index (Phi) is 5.77. The first-order chi connectivity index (χ1) is 7.63. The van der Waals surface area contributed by atoms with Crippen LogP contribution in [0.3, 0.4) is 0 Å². The molecule has 94 valence electrons. The highest BCUT2D eigenvalue weighted by Gasteiger charge is 2.30. The first kappa shape index (κ1) is 13.5. The lowest BCUT2D eigenvalue weighted by Gasteiger charge is -2.38. The Bertz CT molecular complexity index is 213. The molecule has 1 aliphatic rings. The summed E-state index contributed by atoms with van der Waals surface area (Å²) in [6.07, 6.45) is 2.42. The molecule has 0 unspecified atom stereocenters. The van der Waals surface area contributed by atoms with Crippen molar-refractivity contribution in [3.63, 3.8) is 0 Å². The van der Waals surface area contributed by atoms with Crippen LogP contribution in [0, 0.1) is 11.8 Å². The van der Waals surface area contributed by atoms with Gasteiger partial charge in [-0.2, -0.15) is 0 Å². The third-order valence-corrected chi connectivity index (χ3v) is 3.30. The van der Waals surface area contributed by atoms with Gasteiger partial charge < -0.3 is 15.4 Å². The second-order valence-electron chi connectivity index (χ2n) is 4.90. The minimum absolute atomic E-state index is 0.0602. The number of methoxy groups -OCH3 is 1. The summed E-state index contributed by atoms with van der Waals surface area (Å²) in [4.78, 5) is 11.3. The van der Waals surface area contributed by atoms with Gasteiger partial charge in [0.25, 0.3) is 0 Å². The van der Waals surface area contributed by atoms with Gasteiger partial charge in [-0.3, -0.25) is 4.79 Å². The van der Waals surface area contributed by atoms with Gasteiger partial charge in [-0.05, 0) is 24.7 Å². The number of amides is 1. The summed E-state index contributed by atoms with van der Waals surface area (Å²) in [5, 5.41) is 6.07. The van der Waals surface area contributed by atoms with Crippen LogP contribution in [0.2, 0.25) is 0 Å². The monoisotopic (exact) mass is 228 g/mol. The maximum Gasteiger partial charge on any atom is 0.234 e. The van der Waals surface area contributed by atoms with Gasteiger partial charge in [-0.25, -0.2) is 0 Å². The lowest BCUT2D eigenvalue weighted by molar-refractivity contribution is -0.120. The lowest BCUT2D eigenvalue weighted by atomic mass is 9.74. The van der Waals surface area contributed by atoms with Crippen LogP contribution in [0.15, 0.2) is 0 Å². The molecule has 0 spiro atoms. The molecule has 2 N–H and O–H groups in total. The maximum atomic E-state index is 11.3. The quantitative estimate of drug-likeness (QED) is 0.633. The second kappa shape index (κ2) is 6.86. The van der Waals surface area contributed by atoms with E-state index in [-0.39, 0.29) is 5.91 Å². The Morgan fingerprint density at radius 1 is 1.44 bits per heavy atom. The number of hydrogen-bond acceptors (Lipinski definition) is 3. The zero-order valence-corrected chi connectivity index (χ0v) is 10.6. The largest absolute Gasteiger partial charge is 0.383 e. The Balaban J connectivity index is 1.97. The van der Waals surface area contributed by atoms with Crippen molar-refractivity contribution in [3.8, 4) is 0 Å². The van der Waals surface area contributed by atoms with Crippen molar-refractivity contribution in [2.24, 2.45) is 11.8 Å². The molecule has 1 saturated carbocycles. The molecule has 0 aromatic carbocycles. The summed E-state index contributed by atoms with van der Waals surface area (Å²) in [5.74, 6) is 1.67. The van der Waals surface area contributed by atoms with E-state index in [1.807, 2.05) is 0 Å². The van der Waals surface area contributed by atoms with E-state index in [9.17, 15) is 4.79 Å². The predicted molar refractivity (Wildman–Crippen MR) is 64.2 cm³/mol. The minimum Gasteiger partial charge on any atom is -0.383 e. The summed E-state index contributed by atoms with van der Waals surface area (Å²) in [6, 6.07) is 0.542. The molecular formula is C12H24N2O2. The van der Waals surface area contributed by atoms with E-state index in [0.717, 1.165) is 11.8 Å². The smallest absolute Gasteiger partial charge is 0.234 e. The molecule has 16 heavy (non-hydrogen) atoms. The molecule has 0 aliphatic heterocycles. The summed E-state index contributed by atoms with van der Waals surface area (Å²) >= 11 is 0. The average molecular weight is 228 g/mol. The van der Waals surface area contributed by atoms with Gasteiger partial charge in [0, 0.05) is 19.7 Å². The molecule has 0 heterocycles. The first-order valence-corrected chi connectivity index (χ1v) is 6.12. The third-order valence-electron chi connectivity index (χ3n) is 3.30. The van der Waals surface area contributed by atoms with Crippen LogP contribution >= 0.6 is 0 Å². The summed E-state index contributed by atoms with van der Waals surface area (Å²) in [7, 11) is 1.63. The number of ether oxygens (including phenoxy) is 1. The Labute approximate surface area is 98.1 Å². The van der Waals surface area contributed by atoms with E-state index < -0.39 is 0 Å². The molecule has 4 nitrogen and oxygen atoms in total. The maximum absolute atomic E-state index is 11.3. The van der Waals surface area contributed by atoms with Crippen molar-refractivity contribution in [3.05, 3.63) is 0 Å². The Morgan fingerprint density at radius 3 is 2.69 bits per heavy atom. The average Bonchev–Trinajstić information content (AvgIpc) is 2.15. The molecule has 0 saturated heterocycles. The third kappa shape index (κ3) is 4.49. The Hall–Kier alpha value is -0.610. The van der Waals surface area contributed by atoms with E-state index >= 15 is 0 Å². The van der Waals surface area contributed by atoms with Crippen LogP contribution in [0.5, 0.6) is 0 Å². The van der Waals surface area contributed by atoms with E-state index in [1.54, 1.807) is 7.11 Å². The highest BCUT2D eigenvalue weighted by molar-refractivity contribution is 5.77. The molecule has 1 aliphatic carbocycles. The molecule has 1 fully saturated rings. The highest BCUT2D eigenvalue weighted by atomic mass is 16.5. The second-order valence-corrected chi connectivity index (χ2v) is 4.90. The van der Waals surface area contributed by atoms with Gasteiger partial charge in [0.05, 0.1) is 13.2 Å². The van der Waals surface area contributed by atoms with E-state index in [2.05, 4.69) is 24.5 Å². The van der Waals surface area contributed by atoms with Crippen molar-refractivity contribution in [1.82, 2.24) is 10.6 Å². The van der Waals surface area contributed by atoms with Crippen molar-refractivity contribution in [2.45, 2.75) is 32.7 Å². The molecule has 0 aromatic rings. The first-order valence-electron chi connectivity index (χ1n) is 6.12. The van der Waals surface area contributed by atoms with E-state index in [0.29, 0.717) is 25.7 Å². The lowest BCUT2D eigenvalue weighted by Crippen LogP contribution is -2.47. The fraction of sp³-hybridized carbons (Fsp3) is 0.917. The van der Waals surface area contributed by atoms with Gasteiger partial charge in [0.1, 0.15) is 0 Å². The zero-order chi connectivity index (χ0) is 12.0. The fourth-order valence-corrected chi connectivity index (χ4v) is 1.96. The van der Waals surface area contributed by atoms with Gasteiger partial charge in [0.2, 0.25) is 5.91 Å². The van der Waals surface area contributed by atoms with E-state index in [1.165, 1.54) is 12.8 Å². The van der Waals surface area contributed by atoms with Gasteiger partial charge in [-0.15, -0.1) is 0 Å². The van der Waals surface area contributed by atoms with Gasteiger partial charge >= 0.3 is 0 Å². The standard InChI is InChI=1S/C12H24N2O2/c1-9(2)10-6-11(7-10)14-8-12(15)13-4-5-16-3/h9-11,14H,4-8H2,1-3H3,(H,13,15). The normalized spacial score (nSPS) is 24.2. The highest BCUT2D eigenvalue weighted by Crippen LogP contribution is 2.33. The van der Waals surface area contributed by atoms with Crippen LogP contribution in [-0.2, 0) is 9.53 Å². The Morgan fingerprint density at radius 2 is 2.12 bits per heavy atom. The van der Waals surface area contributed by atoms with Crippen molar-refractivity contribution in [2.75, 3.05) is 26.8 Å². The van der Waals surface area contributed by atoms with Crippen LogP contribution in [0.25, 0.3) is 0 Å². The molecule has 0 bridgehead atoms. The fourth-order valence-electron chi connectivity index (χ4n) is 1.96. The SMILES string of the molecule is COCCNC(=O)CNC1CC(C(C)C)C1. The van der Waals surface area contributed by atoms with E-state index in [4.69, 9.17) is 4.74 Å². The minimum atomic E-state index is 0.0602. The van der Waals surface area contributed by atoms with Gasteiger partial charge in [0.15, 0.2) is 0 Å². The van der Waals surface area contributed by atoms with Crippen LogP contribution < -0.4 is 10.6 Å². The summed E-state index contributed by atoms with van der Waals surface area (Å²) in [6.45, 7) is 6.12. The van der Waals surface area contributed by atoms with Crippen molar-refractivity contribution in [1.29, 1.82) is 0 Å². The summed E-state index contributed by atoms with van der Waals surface area (Å²) in [5.41, 5.74) is 0. The molecule has 4 heteroatoms. The van der Waals surface area contributed by atoms with Gasteiger partial charge in [-0.1, -0.05) is 13.8 Å². The van der Waals surface area contributed by atoms with Crippen molar-refractivity contribution < 1.29 is 9.53 Å². The molecule has 1 rings (SSSR count). The van der Waals surface area contributed by atoms with Crippen LogP contribution in [-0.4, -0.2) is 38.8 Å². The topological polar surface area (TPSA) is 50.4 Å². The number of nitrogens with one attached hydrogen (secondary N) is 2. The number of rotatable bonds is 7. The number of carbonyl (C=O) groups excluding carboxylic acids is 1. The predicted octanol–water partition coefficient (Wildman–Crippen LogP) is 0.773. The van der Waals surface area contributed by atoms with Crippen molar-refractivity contribution >= 4 is 5.91 Å². The number of hydrogen-bond donors (Lipinski definition) is 2. The molecular weight excluding hydrogens is 204 g/mol. The zero-order valence-electron chi connectivity index (χ0n) is 10.6. The summed E-state index contributed by atoms with van der Waals surface area (Å²) < 4.78 is 4.86. The molecule has 1 amide bonds. The molecule has 0 aromatic heterocycles. The molecule has 0 radical (unpaired) electrons. The van der Waals surface area contributed by atoms with Crippen LogP contribution in [0.1, 0.15) is 26.7 Å².